The van der Waals surface area contributed by atoms with Crippen LogP contribution >= 0.6 is 0 Å². The summed E-state index contributed by atoms with van der Waals surface area (Å²) in [5.41, 5.74) is 5.52. The molecule has 17 heavy (non-hydrogen) atoms. The van der Waals surface area contributed by atoms with E-state index in [0.717, 1.165) is 13.1 Å². The summed E-state index contributed by atoms with van der Waals surface area (Å²) >= 11 is 0. The summed E-state index contributed by atoms with van der Waals surface area (Å²) in [6.45, 7) is 7.78. The highest BCUT2D eigenvalue weighted by Gasteiger charge is 2.21. The van der Waals surface area contributed by atoms with Gasteiger partial charge in [-0.15, -0.1) is 0 Å². The maximum absolute atomic E-state index is 11.7. The normalized spacial score (nSPS) is 20.9. The fourth-order valence-electron chi connectivity index (χ4n) is 2.32. The van der Waals surface area contributed by atoms with E-state index in [0.29, 0.717) is 37.3 Å². The summed E-state index contributed by atoms with van der Waals surface area (Å²) in [4.78, 5) is 11.7. The van der Waals surface area contributed by atoms with Gasteiger partial charge in [-0.05, 0) is 50.2 Å². The van der Waals surface area contributed by atoms with Crippen LogP contribution in [0.2, 0.25) is 0 Å². The lowest BCUT2D eigenvalue weighted by Gasteiger charge is -2.28. The van der Waals surface area contributed by atoms with Gasteiger partial charge in [0.25, 0.3) is 0 Å². The Kier molecular flexibility index (Phi) is 6.52. The number of carbonyl (C=O) groups is 1. The Morgan fingerprint density at radius 1 is 1.41 bits per heavy atom. The molecule has 2 atom stereocenters. The van der Waals surface area contributed by atoms with Crippen molar-refractivity contribution >= 4 is 5.91 Å². The lowest BCUT2D eigenvalue weighted by molar-refractivity contribution is -0.122. The number of hydrogen-bond acceptors (Lipinski definition) is 3. The molecule has 4 N–H and O–H groups in total. The fraction of sp³-hybridized carbons (Fsp3) is 0.923. The van der Waals surface area contributed by atoms with Crippen LogP contribution < -0.4 is 16.4 Å². The quantitative estimate of drug-likeness (QED) is 0.642. The minimum absolute atomic E-state index is 0.177. The highest BCUT2D eigenvalue weighted by atomic mass is 16.1. The summed E-state index contributed by atoms with van der Waals surface area (Å²) in [7, 11) is 0. The van der Waals surface area contributed by atoms with E-state index in [-0.39, 0.29) is 5.91 Å². The molecule has 0 aromatic carbocycles. The van der Waals surface area contributed by atoms with Crippen LogP contribution in [0.15, 0.2) is 0 Å². The smallest absolute Gasteiger partial charge is 0.220 e. The van der Waals surface area contributed by atoms with Crippen molar-refractivity contribution < 1.29 is 4.79 Å². The lowest BCUT2D eigenvalue weighted by Crippen LogP contribution is -2.35. The van der Waals surface area contributed by atoms with E-state index in [4.69, 9.17) is 5.73 Å². The second-order valence-corrected chi connectivity index (χ2v) is 5.41. The Bertz CT molecular complexity index is 227. The van der Waals surface area contributed by atoms with E-state index in [1.165, 1.54) is 12.8 Å². The predicted octanol–water partition coefficient (Wildman–Crippen LogP) is 0.723. The largest absolute Gasteiger partial charge is 0.356 e. The molecule has 1 heterocycles. The summed E-state index contributed by atoms with van der Waals surface area (Å²) in [6.07, 6.45) is 3.06. The zero-order valence-corrected chi connectivity index (χ0v) is 11.2. The number of piperidine rings is 1. The average Bonchev–Trinajstić information content (AvgIpc) is 2.36. The number of nitrogens with two attached hydrogens (primary N) is 1. The number of nitrogens with one attached hydrogen (secondary N) is 2. The number of rotatable bonds is 6. The molecule has 0 saturated carbocycles. The van der Waals surface area contributed by atoms with E-state index >= 15 is 0 Å². The van der Waals surface area contributed by atoms with Gasteiger partial charge in [-0.1, -0.05) is 13.8 Å². The number of hydrogen-bond donors (Lipinski definition) is 3. The molecular weight excluding hydrogens is 214 g/mol. The van der Waals surface area contributed by atoms with Crippen LogP contribution in [0.3, 0.4) is 0 Å². The first kappa shape index (κ1) is 14.5. The second-order valence-electron chi connectivity index (χ2n) is 5.41. The van der Waals surface area contributed by atoms with Crippen molar-refractivity contribution in [2.24, 2.45) is 23.5 Å². The van der Waals surface area contributed by atoms with Gasteiger partial charge in [0.1, 0.15) is 0 Å². The first-order chi connectivity index (χ1) is 8.13. The Balaban J connectivity index is 2.20. The van der Waals surface area contributed by atoms with Gasteiger partial charge in [-0.25, -0.2) is 0 Å². The van der Waals surface area contributed by atoms with Gasteiger partial charge in [-0.3, -0.25) is 4.79 Å². The monoisotopic (exact) mass is 241 g/mol. The third-order valence-corrected chi connectivity index (χ3v) is 3.75. The van der Waals surface area contributed by atoms with E-state index in [1.807, 2.05) is 0 Å². The molecule has 0 radical (unpaired) electrons. The van der Waals surface area contributed by atoms with E-state index < -0.39 is 0 Å². The highest BCUT2D eigenvalue weighted by Crippen LogP contribution is 2.24. The van der Waals surface area contributed by atoms with Gasteiger partial charge >= 0.3 is 0 Å². The van der Waals surface area contributed by atoms with Crippen molar-refractivity contribution in [3.8, 4) is 0 Å². The summed E-state index contributed by atoms with van der Waals surface area (Å²) in [6, 6.07) is 0. The van der Waals surface area contributed by atoms with Crippen LogP contribution in [0.1, 0.15) is 33.1 Å². The molecule has 2 unspecified atom stereocenters. The maximum atomic E-state index is 11.7. The maximum Gasteiger partial charge on any atom is 0.220 e. The molecule has 1 rings (SSSR count). The SMILES string of the molecule is CC(CN)CNC(=O)CC(C)C1CCNCC1. The Hall–Kier alpha value is -0.610. The van der Waals surface area contributed by atoms with Gasteiger partial charge in [0, 0.05) is 13.0 Å². The van der Waals surface area contributed by atoms with Crippen molar-refractivity contribution in [2.75, 3.05) is 26.2 Å². The van der Waals surface area contributed by atoms with Crippen molar-refractivity contribution in [1.82, 2.24) is 10.6 Å². The minimum Gasteiger partial charge on any atom is -0.356 e. The van der Waals surface area contributed by atoms with Crippen LogP contribution in [0.5, 0.6) is 0 Å². The molecule has 0 aliphatic carbocycles. The molecule has 4 heteroatoms. The Morgan fingerprint density at radius 2 is 2.06 bits per heavy atom. The van der Waals surface area contributed by atoms with Crippen molar-refractivity contribution in [2.45, 2.75) is 33.1 Å². The van der Waals surface area contributed by atoms with Crippen molar-refractivity contribution in [3.63, 3.8) is 0 Å². The molecule has 1 amide bonds. The molecular formula is C13H27N3O. The van der Waals surface area contributed by atoms with Crippen molar-refractivity contribution in [1.29, 1.82) is 0 Å². The standard InChI is InChI=1S/C13H27N3O/c1-10(8-14)9-16-13(17)7-11(2)12-3-5-15-6-4-12/h10-12,15H,3-9,14H2,1-2H3,(H,16,17). The summed E-state index contributed by atoms with van der Waals surface area (Å²) < 4.78 is 0. The molecule has 0 aromatic rings. The second kappa shape index (κ2) is 7.67. The molecule has 100 valence electrons. The molecule has 1 aliphatic heterocycles. The Labute approximate surface area is 105 Å². The predicted molar refractivity (Wildman–Crippen MR) is 70.6 cm³/mol. The lowest BCUT2D eigenvalue weighted by atomic mass is 9.84. The molecule has 1 fully saturated rings. The van der Waals surface area contributed by atoms with E-state index in [9.17, 15) is 4.79 Å². The topological polar surface area (TPSA) is 67.1 Å². The van der Waals surface area contributed by atoms with Crippen LogP contribution in [-0.4, -0.2) is 32.1 Å². The molecule has 0 spiro atoms. The van der Waals surface area contributed by atoms with Crippen LogP contribution in [-0.2, 0) is 4.79 Å². The molecule has 0 aromatic heterocycles. The van der Waals surface area contributed by atoms with E-state index in [2.05, 4.69) is 24.5 Å². The molecule has 4 nitrogen and oxygen atoms in total. The zero-order chi connectivity index (χ0) is 12.7. The zero-order valence-electron chi connectivity index (χ0n) is 11.2. The van der Waals surface area contributed by atoms with Gasteiger partial charge in [0.05, 0.1) is 0 Å². The Morgan fingerprint density at radius 3 is 2.65 bits per heavy atom. The van der Waals surface area contributed by atoms with Crippen LogP contribution in [0.25, 0.3) is 0 Å². The third kappa shape index (κ3) is 5.50. The highest BCUT2D eigenvalue weighted by molar-refractivity contribution is 5.76. The first-order valence-corrected chi connectivity index (χ1v) is 6.81. The van der Waals surface area contributed by atoms with Gasteiger partial charge in [0.2, 0.25) is 5.91 Å². The van der Waals surface area contributed by atoms with Crippen molar-refractivity contribution in [3.05, 3.63) is 0 Å². The third-order valence-electron chi connectivity index (χ3n) is 3.75. The fourth-order valence-corrected chi connectivity index (χ4v) is 2.32. The van der Waals surface area contributed by atoms with E-state index in [1.54, 1.807) is 0 Å². The summed E-state index contributed by atoms with van der Waals surface area (Å²) in [5, 5.41) is 6.32. The van der Waals surface area contributed by atoms with Crippen LogP contribution in [0.4, 0.5) is 0 Å². The molecule has 1 saturated heterocycles. The van der Waals surface area contributed by atoms with Gasteiger partial charge < -0.3 is 16.4 Å². The molecule has 1 aliphatic rings. The average molecular weight is 241 g/mol. The molecule has 0 bridgehead atoms. The minimum atomic E-state index is 0.177. The first-order valence-electron chi connectivity index (χ1n) is 6.81. The van der Waals surface area contributed by atoms with Crippen LogP contribution in [0, 0.1) is 17.8 Å². The number of carbonyl (C=O) groups excluding carboxylic acids is 1. The van der Waals surface area contributed by atoms with Gasteiger partial charge in [-0.2, -0.15) is 0 Å². The summed E-state index contributed by atoms with van der Waals surface area (Å²) in [5.74, 6) is 1.74. The number of amides is 1. The van der Waals surface area contributed by atoms with Gasteiger partial charge in [0.15, 0.2) is 0 Å².